The molecule has 8 nitrogen and oxygen atoms in total. The van der Waals surface area contributed by atoms with E-state index in [1.807, 2.05) is 24.3 Å². The maximum absolute atomic E-state index is 4.20. The first-order valence-electron chi connectivity index (χ1n) is 5.75. The van der Waals surface area contributed by atoms with Crippen LogP contribution in [0.5, 0.6) is 0 Å². The molecule has 3 rings (SSSR count). The Balaban J connectivity index is 2.18. The van der Waals surface area contributed by atoms with Gasteiger partial charge in [-0.2, -0.15) is 0 Å². The molecule has 3 aromatic rings. The highest BCUT2D eigenvalue weighted by Crippen LogP contribution is 2.27. The molecule has 0 radical (unpaired) electrons. The molecular weight excluding hydrogens is 256 g/mol. The Kier molecular flexibility index (Phi) is 2.88. The minimum Gasteiger partial charge on any atom is -0.201 e. The van der Waals surface area contributed by atoms with Gasteiger partial charge in [-0.15, -0.1) is 20.1 Å². The van der Waals surface area contributed by atoms with Gasteiger partial charge in [-0.1, -0.05) is 37.4 Å². The van der Waals surface area contributed by atoms with Crippen LogP contribution in [0.15, 0.2) is 37.4 Å². The van der Waals surface area contributed by atoms with E-state index in [2.05, 4.69) is 44.1 Å². The average Bonchev–Trinajstić information content (AvgIpc) is 3.15. The van der Waals surface area contributed by atoms with Crippen molar-refractivity contribution in [2.24, 2.45) is 0 Å². The highest BCUT2D eigenvalue weighted by atomic mass is 15.6. The van der Waals surface area contributed by atoms with Crippen LogP contribution in [0.2, 0.25) is 0 Å². The quantitative estimate of drug-likeness (QED) is 0.705. The molecule has 0 unspecified atom stereocenters. The standard InChI is InChI=1S/C12H10N8/c1-3-19-12(14-16-18-19)10-8-6-5-7-9(10)11-13-17-20(4-2)15-11/h3-8H,1-2H2. The van der Waals surface area contributed by atoms with Gasteiger partial charge in [0.2, 0.25) is 5.82 Å². The third-order valence-electron chi connectivity index (χ3n) is 2.67. The zero-order valence-corrected chi connectivity index (χ0v) is 10.5. The summed E-state index contributed by atoms with van der Waals surface area (Å²) in [5.74, 6) is 1.03. The molecule has 0 aliphatic carbocycles. The van der Waals surface area contributed by atoms with E-state index >= 15 is 0 Å². The number of hydrogen-bond acceptors (Lipinski definition) is 6. The number of aromatic nitrogens is 8. The van der Waals surface area contributed by atoms with Crippen molar-refractivity contribution >= 4 is 12.4 Å². The zero-order valence-electron chi connectivity index (χ0n) is 10.5. The average molecular weight is 266 g/mol. The molecule has 0 aliphatic heterocycles. The molecule has 0 saturated heterocycles. The molecular formula is C12H10N8. The SMILES string of the molecule is C=Cn1nnc(-c2ccccc2-c2nnnn2C=C)n1. The second kappa shape index (κ2) is 4.84. The summed E-state index contributed by atoms with van der Waals surface area (Å²) in [6, 6.07) is 7.53. The molecule has 0 saturated carbocycles. The van der Waals surface area contributed by atoms with Gasteiger partial charge in [-0.25, -0.2) is 4.68 Å². The summed E-state index contributed by atoms with van der Waals surface area (Å²) in [7, 11) is 0. The maximum atomic E-state index is 4.20. The normalized spacial score (nSPS) is 10.4. The molecule has 0 N–H and O–H groups in total. The van der Waals surface area contributed by atoms with E-state index in [4.69, 9.17) is 0 Å². The van der Waals surface area contributed by atoms with Crippen LogP contribution < -0.4 is 0 Å². The Labute approximate surface area is 114 Å². The minimum atomic E-state index is 0.471. The van der Waals surface area contributed by atoms with Crippen LogP contribution in [-0.2, 0) is 0 Å². The van der Waals surface area contributed by atoms with E-state index < -0.39 is 0 Å². The Bertz CT molecular complexity index is 769. The van der Waals surface area contributed by atoms with E-state index in [0.29, 0.717) is 11.6 Å². The molecule has 2 aromatic heterocycles. The van der Waals surface area contributed by atoms with Gasteiger partial charge in [0.05, 0.1) is 0 Å². The van der Waals surface area contributed by atoms with Crippen LogP contribution >= 0.6 is 0 Å². The van der Waals surface area contributed by atoms with E-state index in [1.54, 1.807) is 0 Å². The lowest BCUT2D eigenvalue weighted by atomic mass is 10.1. The summed E-state index contributed by atoms with van der Waals surface area (Å²) >= 11 is 0. The Hall–Kier alpha value is -3.16. The van der Waals surface area contributed by atoms with Crippen molar-refractivity contribution in [3.63, 3.8) is 0 Å². The van der Waals surface area contributed by atoms with Crippen molar-refractivity contribution < 1.29 is 0 Å². The maximum Gasteiger partial charge on any atom is 0.206 e. The molecule has 0 atom stereocenters. The lowest BCUT2D eigenvalue weighted by molar-refractivity contribution is 0.760. The van der Waals surface area contributed by atoms with Gasteiger partial charge in [0.25, 0.3) is 0 Å². The highest BCUT2D eigenvalue weighted by molar-refractivity contribution is 5.77. The summed E-state index contributed by atoms with van der Waals surface area (Å²) in [4.78, 5) is 1.29. The minimum absolute atomic E-state index is 0.471. The predicted molar refractivity (Wildman–Crippen MR) is 72.8 cm³/mol. The Morgan fingerprint density at radius 1 is 0.950 bits per heavy atom. The number of nitrogens with zero attached hydrogens (tertiary/aromatic N) is 8. The van der Waals surface area contributed by atoms with Gasteiger partial charge in [-0.05, 0) is 15.6 Å². The van der Waals surface area contributed by atoms with Gasteiger partial charge in [0.1, 0.15) is 0 Å². The number of rotatable bonds is 4. The van der Waals surface area contributed by atoms with Crippen LogP contribution in [0.4, 0.5) is 0 Å². The Morgan fingerprint density at radius 3 is 2.45 bits per heavy atom. The smallest absolute Gasteiger partial charge is 0.201 e. The number of benzene rings is 1. The Morgan fingerprint density at radius 2 is 1.75 bits per heavy atom. The second-order valence-corrected chi connectivity index (χ2v) is 3.79. The van der Waals surface area contributed by atoms with Gasteiger partial charge in [0.15, 0.2) is 5.82 Å². The summed E-state index contributed by atoms with van der Waals surface area (Å²) < 4.78 is 1.48. The second-order valence-electron chi connectivity index (χ2n) is 3.79. The first kappa shape index (κ1) is 11.9. The van der Waals surface area contributed by atoms with Gasteiger partial charge in [0, 0.05) is 23.5 Å². The topological polar surface area (TPSA) is 87.2 Å². The summed E-state index contributed by atoms with van der Waals surface area (Å²) in [5.41, 5.74) is 1.57. The molecule has 0 aliphatic rings. The lowest BCUT2D eigenvalue weighted by Gasteiger charge is -2.04. The predicted octanol–water partition coefficient (Wildman–Crippen LogP) is 1.19. The molecule has 8 heteroatoms. The zero-order chi connectivity index (χ0) is 13.9. The molecule has 98 valence electrons. The first-order chi connectivity index (χ1) is 9.83. The molecule has 2 heterocycles. The van der Waals surface area contributed by atoms with Gasteiger partial charge in [-0.3, -0.25) is 0 Å². The van der Waals surface area contributed by atoms with Crippen LogP contribution in [0, 0.1) is 0 Å². The molecule has 0 fully saturated rings. The highest BCUT2D eigenvalue weighted by Gasteiger charge is 2.15. The summed E-state index contributed by atoms with van der Waals surface area (Å²) in [6.45, 7) is 7.25. The van der Waals surface area contributed by atoms with Crippen molar-refractivity contribution in [2.45, 2.75) is 0 Å². The summed E-state index contributed by atoms with van der Waals surface area (Å²) in [6.07, 6.45) is 2.99. The molecule has 0 bridgehead atoms. The van der Waals surface area contributed by atoms with Gasteiger partial charge < -0.3 is 0 Å². The van der Waals surface area contributed by atoms with Crippen LogP contribution in [-0.4, -0.2) is 40.4 Å². The van der Waals surface area contributed by atoms with Crippen molar-refractivity contribution in [1.82, 2.24) is 40.4 Å². The van der Waals surface area contributed by atoms with Gasteiger partial charge >= 0.3 is 0 Å². The van der Waals surface area contributed by atoms with E-state index in [0.717, 1.165) is 11.1 Å². The van der Waals surface area contributed by atoms with Crippen molar-refractivity contribution in [2.75, 3.05) is 0 Å². The number of tetrazole rings is 2. The van der Waals surface area contributed by atoms with E-state index in [1.165, 1.54) is 21.9 Å². The number of hydrogen-bond donors (Lipinski definition) is 0. The van der Waals surface area contributed by atoms with Crippen molar-refractivity contribution in [1.29, 1.82) is 0 Å². The fourth-order valence-electron chi connectivity index (χ4n) is 1.78. The largest absolute Gasteiger partial charge is 0.206 e. The molecule has 0 amide bonds. The molecule has 0 spiro atoms. The summed E-state index contributed by atoms with van der Waals surface area (Å²) in [5, 5.41) is 23.5. The molecule has 1 aromatic carbocycles. The lowest BCUT2D eigenvalue weighted by Crippen LogP contribution is -1.96. The van der Waals surface area contributed by atoms with Crippen molar-refractivity contribution in [3.05, 3.63) is 37.4 Å². The molecule has 20 heavy (non-hydrogen) atoms. The van der Waals surface area contributed by atoms with Crippen LogP contribution in [0.1, 0.15) is 0 Å². The van der Waals surface area contributed by atoms with Crippen molar-refractivity contribution in [3.8, 4) is 22.8 Å². The first-order valence-corrected chi connectivity index (χ1v) is 5.75. The van der Waals surface area contributed by atoms with E-state index in [-0.39, 0.29) is 0 Å². The monoisotopic (exact) mass is 266 g/mol. The fourth-order valence-corrected chi connectivity index (χ4v) is 1.78. The van der Waals surface area contributed by atoms with E-state index in [9.17, 15) is 0 Å². The van der Waals surface area contributed by atoms with Crippen LogP contribution in [0.25, 0.3) is 35.2 Å². The fraction of sp³-hybridized carbons (Fsp3) is 0. The van der Waals surface area contributed by atoms with Crippen LogP contribution in [0.3, 0.4) is 0 Å². The third kappa shape index (κ3) is 1.88. The third-order valence-corrected chi connectivity index (χ3v) is 2.67.